The van der Waals surface area contributed by atoms with Gasteiger partial charge in [-0.3, -0.25) is 0 Å². The number of imidazole rings is 3. The van der Waals surface area contributed by atoms with Gasteiger partial charge < -0.3 is 0 Å². The monoisotopic (exact) mass is 715 g/mol. The first kappa shape index (κ1) is 35.2. The summed E-state index contributed by atoms with van der Waals surface area (Å²) in [4.78, 5) is 0. The number of halogens is 5. The molecule has 0 N–H and O–H groups in total. The van der Waals surface area contributed by atoms with E-state index in [1.54, 1.807) is 0 Å². The average Bonchev–Trinajstić information content (AvgIpc) is 3.59. The lowest BCUT2D eigenvalue weighted by molar-refractivity contribution is -0.700. The average molecular weight is 718 g/mol. The van der Waals surface area contributed by atoms with Gasteiger partial charge in [-0.05, 0) is 83.1 Å². The standard InChI is InChI=1S/C27H48Cl5N6Si3/c1-19(2)33-13-14-34(20(3)4)25(33)39(28,29)41(32,27-37(23(9)10)17-18-38(27)24(11)12)40(30,31)26-35(21(5)6)15-16-36(26)22(7)8/h13-24H,1-12H3/q+3. The second-order valence-electron chi connectivity index (χ2n) is 12.7. The van der Waals surface area contributed by atoms with Crippen molar-refractivity contribution in [3.63, 3.8) is 0 Å². The topological polar surface area (TPSA) is 26.4 Å². The lowest BCUT2D eigenvalue weighted by Gasteiger charge is -2.36. The lowest BCUT2D eigenvalue weighted by atomic mass is 10.4. The van der Waals surface area contributed by atoms with Crippen molar-refractivity contribution in [2.24, 2.45) is 0 Å². The largest absolute Gasteiger partial charge is 0.393 e. The molecule has 3 rings (SSSR count). The number of hydrogen-bond donors (Lipinski definition) is 0. The second-order valence-corrected chi connectivity index (χ2v) is 43.5. The van der Waals surface area contributed by atoms with Crippen LogP contribution in [0.25, 0.3) is 0 Å². The highest BCUT2D eigenvalue weighted by atomic mass is 35.7. The molecule has 0 aliphatic carbocycles. The normalized spacial score (nSPS) is 13.8. The zero-order valence-corrected chi connectivity index (χ0v) is 33.3. The SMILES string of the molecule is CC(C)n1cc[n+](C(C)C)c1[Si](Cl)(Cl)[Si](Cl)(c1n(C(C)C)cc[n+]1C(C)C)[Si](Cl)(Cl)c1n(C(C)C)cc[n+]1C(C)C. The van der Waals surface area contributed by atoms with Gasteiger partial charge in [-0.15, -0.1) is 44.3 Å². The molecule has 0 aliphatic rings. The van der Waals surface area contributed by atoms with Gasteiger partial charge >= 0.3 is 18.8 Å². The summed E-state index contributed by atoms with van der Waals surface area (Å²) in [6.07, 6.45) is 1.09. The van der Waals surface area contributed by atoms with Gasteiger partial charge in [0.15, 0.2) is 0 Å². The first-order chi connectivity index (χ1) is 18.7. The third kappa shape index (κ3) is 5.80. The maximum Gasteiger partial charge on any atom is 0.393 e. The molecule has 0 saturated heterocycles. The van der Waals surface area contributed by atoms with Crippen LogP contribution in [-0.2, 0) is 0 Å². The Morgan fingerprint density at radius 1 is 0.463 bits per heavy atom. The first-order valence-electron chi connectivity index (χ1n) is 14.6. The smallest absolute Gasteiger partial charge is 0.237 e. The molecule has 0 atom stereocenters. The van der Waals surface area contributed by atoms with Crippen molar-refractivity contribution >= 4 is 90.6 Å². The van der Waals surface area contributed by atoms with Crippen LogP contribution in [-0.4, -0.2) is 32.5 Å². The number of nitrogens with zero attached hydrogens (tertiary/aromatic N) is 6. The molecular formula is C27H48Cl5N6Si3+3. The molecule has 3 aromatic rings. The van der Waals surface area contributed by atoms with Gasteiger partial charge in [-0.2, -0.15) is 11.1 Å². The van der Waals surface area contributed by atoms with Crippen molar-refractivity contribution in [1.82, 2.24) is 13.7 Å². The molecule has 14 heteroatoms. The third-order valence-corrected chi connectivity index (χ3v) is 54.4. The summed E-state index contributed by atoms with van der Waals surface area (Å²) < 4.78 is 13.1. The van der Waals surface area contributed by atoms with Gasteiger partial charge in [0.25, 0.3) is 10.9 Å². The minimum atomic E-state index is -3.81. The fourth-order valence-corrected chi connectivity index (χ4v) is 52.5. The molecule has 0 spiro atoms. The highest BCUT2D eigenvalue weighted by molar-refractivity contribution is 8.12. The molecule has 0 unspecified atom stereocenters. The molecule has 6 nitrogen and oxygen atoms in total. The third-order valence-electron chi connectivity index (χ3n) is 7.70. The van der Waals surface area contributed by atoms with E-state index in [9.17, 15) is 0 Å². The lowest BCUT2D eigenvalue weighted by Crippen LogP contribution is -2.90. The molecule has 0 saturated carbocycles. The van der Waals surface area contributed by atoms with E-state index in [0.29, 0.717) is 0 Å². The van der Waals surface area contributed by atoms with E-state index >= 15 is 0 Å². The van der Waals surface area contributed by atoms with Crippen LogP contribution in [0.3, 0.4) is 0 Å². The quantitative estimate of drug-likeness (QED) is 0.140. The van der Waals surface area contributed by atoms with Crippen molar-refractivity contribution in [3.05, 3.63) is 37.2 Å². The molecule has 0 bridgehead atoms. The number of aromatic nitrogens is 6. The van der Waals surface area contributed by atoms with Crippen molar-refractivity contribution < 1.29 is 13.7 Å². The summed E-state index contributed by atoms with van der Waals surface area (Å²) in [5.41, 5.74) is 2.57. The Kier molecular flexibility index (Phi) is 10.8. The van der Waals surface area contributed by atoms with Crippen molar-refractivity contribution in [3.8, 4) is 0 Å². The van der Waals surface area contributed by atoms with Crippen LogP contribution in [0.1, 0.15) is 119 Å². The van der Waals surface area contributed by atoms with Crippen LogP contribution in [0.2, 0.25) is 0 Å². The van der Waals surface area contributed by atoms with Crippen LogP contribution in [0.15, 0.2) is 37.2 Å². The fraction of sp³-hybridized carbons (Fsp3) is 0.667. The zero-order chi connectivity index (χ0) is 31.4. The highest BCUT2D eigenvalue weighted by Gasteiger charge is 2.83. The predicted molar refractivity (Wildman–Crippen MR) is 182 cm³/mol. The number of hydrogen-bond acceptors (Lipinski definition) is 0. The second kappa shape index (κ2) is 12.6. The molecule has 0 fully saturated rings. The molecule has 0 radical (unpaired) electrons. The Bertz CT molecular complexity index is 1210. The molecule has 41 heavy (non-hydrogen) atoms. The van der Waals surface area contributed by atoms with E-state index in [0.717, 1.165) is 16.3 Å². The van der Waals surface area contributed by atoms with Crippen molar-refractivity contribution in [1.29, 1.82) is 0 Å². The van der Waals surface area contributed by atoms with Crippen LogP contribution in [0, 0.1) is 0 Å². The molecule has 0 amide bonds. The van der Waals surface area contributed by atoms with Crippen LogP contribution < -0.4 is 30.0 Å². The van der Waals surface area contributed by atoms with Crippen LogP contribution >= 0.6 is 55.4 Å². The van der Waals surface area contributed by atoms with Crippen LogP contribution in [0.5, 0.6) is 0 Å². The summed E-state index contributed by atoms with van der Waals surface area (Å²) >= 11 is 40.5. The van der Waals surface area contributed by atoms with Gasteiger partial charge in [0, 0.05) is 0 Å². The van der Waals surface area contributed by atoms with E-state index < -0.39 is 18.8 Å². The minimum Gasteiger partial charge on any atom is -0.237 e. The highest BCUT2D eigenvalue weighted by Crippen LogP contribution is 2.41. The van der Waals surface area contributed by atoms with E-state index in [2.05, 4.69) is 148 Å². The Labute approximate surface area is 272 Å². The predicted octanol–water partition coefficient (Wildman–Crippen LogP) is 5.64. The Morgan fingerprint density at radius 3 is 0.951 bits per heavy atom. The Balaban J connectivity index is 2.64. The van der Waals surface area contributed by atoms with E-state index in [1.807, 2.05) is 0 Å². The van der Waals surface area contributed by atoms with Gasteiger partial charge in [0.05, 0.1) is 36.3 Å². The molecule has 3 aromatic heterocycles. The van der Waals surface area contributed by atoms with Gasteiger partial charge in [-0.1, -0.05) is 0 Å². The van der Waals surface area contributed by atoms with E-state index in [4.69, 9.17) is 55.4 Å². The molecule has 230 valence electrons. The van der Waals surface area contributed by atoms with Crippen molar-refractivity contribution in [2.75, 3.05) is 0 Å². The maximum absolute atomic E-state index is 8.42. The summed E-state index contributed by atoms with van der Waals surface area (Å²) in [6, 6.07) is 0.631. The molecule has 0 aliphatic heterocycles. The number of rotatable bonds is 11. The molecule has 3 heterocycles. The zero-order valence-electron chi connectivity index (χ0n) is 26.5. The summed E-state index contributed by atoms with van der Waals surface area (Å²) in [5, 5.41) is 0. The van der Waals surface area contributed by atoms with E-state index in [-0.39, 0.29) is 36.3 Å². The summed E-state index contributed by atoms with van der Waals surface area (Å²) in [6.45, 7) is 25.7. The van der Waals surface area contributed by atoms with Gasteiger partial charge in [0.1, 0.15) is 37.2 Å². The summed E-state index contributed by atoms with van der Waals surface area (Å²) in [7, 11) is 0. The van der Waals surface area contributed by atoms with Gasteiger partial charge in [-0.25, -0.2) is 27.4 Å². The summed E-state index contributed by atoms with van der Waals surface area (Å²) in [5.74, 6) is 0. The maximum atomic E-state index is 8.42. The van der Waals surface area contributed by atoms with Crippen molar-refractivity contribution in [2.45, 2.75) is 119 Å². The Hall–Kier alpha value is -0.269. The first-order valence-corrected chi connectivity index (χ1v) is 27.6. The molecule has 0 aromatic carbocycles. The van der Waals surface area contributed by atoms with E-state index in [1.165, 1.54) is 0 Å². The molecular weight excluding hydrogens is 670 g/mol. The Morgan fingerprint density at radius 2 is 0.707 bits per heavy atom. The fourth-order valence-electron chi connectivity index (χ4n) is 5.55. The minimum absolute atomic E-state index is 0.0927. The van der Waals surface area contributed by atoms with Crippen LogP contribution in [0.4, 0.5) is 0 Å². The van der Waals surface area contributed by atoms with Gasteiger partial charge in [0.2, 0.25) is 5.45 Å².